The number of benzene rings is 1. The van der Waals surface area contributed by atoms with E-state index in [1.807, 2.05) is 32.9 Å². The van der Waals surface area contributed by atoms with Crippen LogP contribution in [0, 0.1) is 13.8 Å². The minimum absolute atomic E-state index is 0.0215. The number of sulfonamides is 1. The average molecular weight is 747 g/mol. The standard InChI is InChI=1S/C36H54N6O9S/c1-24-21-28(50-20-10-14-30(43)38-18-17-37-6)22-25(2)32(24)52(47,48)41-29(34(45)49-7)23-39-31(44)13-8-12-27-16-15-26-11-9-19-42(33(26)40-27)35(46)51-36(3,4)5/h15-16,21-22,29,37,41H,8-14,17-20,23H2,1-7H3,(H,38,43)(H,39,44)/t29-/m0/s1. The fourth-order valence-electron chi connectivity index (χ4n) is 5.66. The van der Waals surface area contributed by atoms with Crippen LogP contribution in [0.2, 0.25) is 0 Å². The highest BCUT2D eigenvalue weighted by molar-refractivity contribution is 7.89. The Morgan fingerprint density at radius 3 is 2.31 bits per heavy atom. The molecule has 1 aliphatic heterocycles. The molecule has 2 heterocycles. The number of amides is 3. The zero-order valence-corrected chi connectivity index (χ0v) is 32.2. The molecule has 1 aliphatic rings. The molecule has 1 atom stereocenters. The summed E-state index contributed by atoms with van der Waals surface area (Å²) in [5.74, 6) is -0.299. The Kier molecular flexibility index (Phi) is 15.8. The van der Waals surface area contributed by atoms with Crippen LogP contribution in [0.1, 0.15) is 75.3 Å². The lowest BCUT2D eigenvalue weighted by Gasteiger charge is -2.31. The summed E-state index contributed by atoms with van der Waals surface area (Å²) in [5, 5.41) is 8.38. The first kappa shape index (κ1) is 42.1. The number of likely N-dealkylation sites (N-methyl/N-ethyl adjacent to an activating group) is 1. The molecule has 2 aromatic rings. The predicted octanol–water partition coefficient (Wildman–Crippen LogP) is 2.84. The summed E-state index contributed by atoms with van der Waals surface area (Å²) in [6, 6.07) is 5.61. The van der Waals surface area contributed by atoms with Crippen LogP contribution in [0.4, 0.5) is 10.6 Å². The molecule has 0 bridgehead atoms. The highest BCUT2D eigenvalue weighted by Crippen LogP contribution is 2.28. The fourth-order valence-corrected chi connectivity index (χ4v) is 7.30. The van der Waals surface area contributed by atoms with Gasteiger partial charge < -0.3 is 30.2 Å². The van der Waals surface area contributed by atoms with Crippen molar-refractivity contribution in [3.63, 3.8) is 0 Å². The molecule has 15 nitrogen and oxygen atoms in total. The van der Waals surface area contributed by atoms with Gasteiger partial charge in [-0.1, -0.05) is 6.07 Å². The van der Waals surface area contributed by atoms with Gasteiger partial charge in [0.1, 0.15) is 23.2 Å². The Morgan fingerprint density at radius 1 is 0.981 bits per heavy atom. The normalized spacial score (nSPS) is 13.5. The Bertz CT molecular complexity index is 1650. The summed E-state index contributed by atoms with van der Waals surface area (Å²) >= 11 is 0. The molecule has 0 aliphatic carbocycles. The molecule has 0 fully saturated rings. The van der Waals surface area contributed by atoms with Crippen LogP contribution >= 0.6 is 0 Å². The van der Waals surface area contributed by atoms with Gasteiger partial charge in [-0.05, 0) is 109 Å². The van der Waals surface area contributed by atoms with Gasteiger partial charge in [-0.25, -0.2) is 18.2 Å². The first-order valence-corrected chi connectivity index (χ1v) is 19.0. The number of esters is 1. The number of pyridine rings is 1. The maximum absolute atomic E-state index is 13.5. The topological polar surface area (TPSA) is 194 Å². The van der Waals surface area contributed by atoms with Gasteiger partial charge in [0, 0.05) is 44.7 Å². The van der Waals surface area contributed by atoms with E-state index in [4.69, 9.17) is 19.2 Å². The van der Waals surface area contributed by atoms with Crippen molar-refractivity contribution in [3.8, 4) is 5.75 Å². The molecule has 0 unspecified atom stereocenters. The number of hydrogen-bond donors (Lipinski definition) is 4. The quantitative estimate of drug-likeness (QED) is 0.129. The zero-order chi connectivity index (χ0) is 38.5. The van der Waals surface area contributed by atoms with Crippen molar-refractivity contribution in [1.29, 1.82) is 0 Å². The minimum atomic E-state index is -4.23. The highest BCUT2D eigenvalue weighted by Gasteiger charge is 2.30. The molecule has 3 amide bonds. The number of hydrogen-bond acceptors (Lipinski definition) is 11. The molecular formula is C36H54N6O9S. The van der Waals surface area contributed by atoms with Crippen molar-refractivity contribution in [1.82, 2.24) is 25.7 Å². The molecule has 1 aromatic carbocycles. The van der Waals surface area contributed by atoms with Gasteiger partial charge in [-0.2, -0.15) is 4.72 Å². The van der Waals surface area contributed by atoms with Gasteiger partial charge >= 0.3 is 12.1 Å². The van der Waals surface area contributed by atoms with Crippen LogP contribution in [0.25, 0.3) is 0 Å². The maximum atomic E-state index is 13.5. The van der Waals surface area contributed by atoms with E-state index in [-0.39, 0.29) is 36.3 Å². The van der Waals surface area contributed by atoms with Gasteiger partial charge in [0.15, 0.2) is 0 Å². The van der Waals surface area contributed by atoms with Crippen molar-refractivity contribution in [2.75, 3.05) is 51.8 Å². The number of nitrogens with one attached hydrogen (secondary N) is 4. The number of carbonyl (C=O) groups is 4. The smallest absolute Gasteiger partial charge is 0.416 e. The molecule has 0 radical (unpaired) electrons. The van der Waals surface area contributed by atoms with Crippen molar-refractivity contribution < 1.29 is 41.8 Å². The largest absolute Gasteiger partial charge is 0.494 e. The first-order chi connectivity index (χ1) is 24.5. The number of aryl methyl sites for hydroxylation is 4. The third-order valence-electron chi connectivity index (χ3n) is 8.05. The summed E-state index contributed by atoms with van der Waals surface area (Å²) in [4.78, 5) is 56.3. The van der Waals surface area contributed by atoms with Crippen LogP contribution in [0.5, 0.6) is 5.75 Å². The number of rotatable bonds is 18. The van der Waals surface area contributed by atoms with Gasteiger partial charge in [0.2, 0.25) is 21.8 Å². The molecule has 52 heavy (non-hydrogen) atoms. The Labute approximate surface area is 307 Å². The number of anilines is 1. The van der Waals surface area contributed by atoms with E-state index < -0.39 is 33.7 Å². The van der Waals surface area contributed by atoms with E-state index in [2.05, 4.69) is 20.7 Å². The summed E-state index contributed by atoms with van der Waals surface area (Å²) in [6.07, 6.45) is 2.91. The minimum Gasteiger partial charge on any atom is -0.494 e. The summed E-state index contributed by atoms with van der Waals surface area (Å²) in [7, 11) is -1.29. The van der Waals surface area contributed by atoms with Gasteiger partial charge in [-0.3, -0.25) is 19.3 Å². The summed E-state index contributed by atoms with van der Waals surface area (Å²) in [6.45, 7) is 10.3. The van der Waals surface area contributed by atoms with Crippen molar-refractivity contribution in [2.24, 2.45) is 0 Å². The molecule has 16 heteroatoms. The van der Waals surface area contributed by atoms with Gasteiger partial charge in [-0.15, -0.1) is 0 Å². The van der Waals surface area contributed by atoms with Crippen molar-refractivity contribution in [3.05, 3.63) is 46.6 Å². The van der Waals surface area contributed by atoms with E-state index in [0.717, 1.165) is 25.5 Å². The van der Waals surface area contributed by atoms with Crippen molar-refractivity contribution >= 4 is 39.7 Å². The molecule has 4 N–H and O–H groups in total. The Balaban J connectivity index is 1.55. The number of ether oxygens (including phenoxy) is 3. The lowest BCUT2D eigenvalue weighted by atomic mass is 10.0. The lowest BCUT2D eigenvalue weighted by molar-refractivity contribution is -0.142. The molecule has 0 spiro atoms. The number of nitrogens with zero attached hydrogens (tertiary/aromatic N) is 2. The number of fused-ring (bicyclic) bond motifs is 1. The third-order valence-corrected chi connectivity index (χ3v) is 9.83. The number of aromatic nitrogens is 1. The van der Waals surface area contributed by atoms with E-state index in [0.29, 0.717) is 73.7 Å². The molecular weight excluding hydrogens is 692 g/mol. The summed E-state index contributed by atoms with van der Waals surface area (Å²) in [5.41, 5.74) is 1.82. The second-order valence-corrected chi connectivity index (χ2v) is 15.3. The van der Waals surface area contributed by atoms with E-state index in [1.165, 1.54) is 0 Å². The highest BCUT2D eigenvalue weighted by atomic mass is 32.2. The van der Waals surface area contributed by atoms with Gasteiger partial charge in [0.25, 0.3) is 0 Å². The SMILES string of the molecule is CNCCNC(=O)CCCOc1cc(C)c(S(=O)(=O)N[C@@H](CNC(=O)CCCc2ccc3c(n2)N(C(=O)OC(C)(C)C)CCC3)C(=O)OC)c(C)c1. The number of methoxy groups -OCH3 is 1. The average Bonchev–Trinajstić information content (AvgIpc) is 3.06. The Morgan fingerprint density at radius 2 is 1.65 bits per heavy atom. The lowest BCUT2D eigenvalue weighted by Crippen LogP contribution is -2.49. The first-order valence-electron chi connectivity index (χ1n) is 17.6. The van der Waals surface area contributed by atoms with Crippen LogP contribution in [0.3, 0.4) is 0 Å². The third kappa shape index (κ3) is 13.0. The second kappa shape index (κ2) is 19.5. The molecule has 1 aromatic heterocycles. The van der Waals surface area contributed by atoms with E-state index >= 15 is 0 Å². The van der Waals surface area contributed by atoms with Crippen LogP contribution in [0.15, 0.2) is 29.2 Å². The van der Waals surface area contributed by atoms with Crippen LogP contribution in [-0.4, -0.2) is 95.9 Å². The summed E-state index contributed by atoms with van der Waals surface area (Å²) < 4.78 is 45.6. The Hall–Kier alpha value is -4.28. The monoisotopic (exact) mass is 746 g/mol. The molecule has 3 rings (SSSR count). The predicted molar refractivity (Wildman–Crippen MR) is 196 cm³/mol. The molecule has 288 valence electrons. The fraction of sp³-hybridized carbons (Fsp3) is 0.583. The van der Waals surface area contributed by atoms with E-state index in [9.17, 15) is 27.6 Å². The van der Waals surface area contributed by atoms with Gasteiger partial charge in [0.05, 0.1) is 18.6 Å². The maximum Gasteiger partial charge on any atom is 0.416 e. The van der Waals surface area contributed by atoms with Crippen LogP contribution in [-0.2, 0) is 46.7 Å². The molecule has 0 saturated carbocycles. The van der Waals surface area contributed by atoms with E-state index in [1.54, 1.807) is 37.9 Å². The zero-order valence-electron chi connectivity index (χ0n) is 31.3. The number of carbonyl (C=O) groups excluding carboxylic acids is 4. The van der Waals surface area contributed by atoms with Crippen molar-refractivity contribution in [2.45, 2.75) is 96.1 Å². The molecule has 0 saturated heterocycles. The van der Waals surface area contributed by atoms with Crippen LogP contribution < -0.4 is 30.3 Å². The second-order valence-electron chi connectivity index (χ2n) is 13.7.